The summed E-state index contributed by atoms with van der Waals surface area (Å²) in [6, 6.07) is 15.3. The first kappa shape index (κ1) is 28.9. The van der Waals surface area contributed by atoms with Crippen LogP contribution in [0.5, 0.6) is 5.75 Å². The van der Waals surface area contributed by atoms with Crippen molar-refractivity contribution in [2.45, 2.75) is 79.1 Å². The molecule has 0 spiro atoms. The van der Waals surface area contributed by atoms with Gasteiger partial charge in [-0.2, -0.15) is 0 Å². The predicted molar refractivity (Wildman–Crippen MR) is 173 cm³/mol. The number of imidazole rings is 2. The Hall–Kier alpha value is -4.17. The molecule has 2 N–H and O–H groups in total. The number of H-pyrrole nitrogens is 2. The number of aromatic amines is 2. The van der Waals surface area contributed by atoms with Crippen molar-refractivity contribution in [3.63, 3.8) is 0 Å². The molecule has 224 valence electrons. The molecule has 43 heavy (non-hydrogen) atoms. The Labute approximate surface area is 253 Å². The highest BCUT2D eigenvalue weighted by Gasteiger charge is 2.22. The van der Waals surface area contributed by atoms with Crippen LogP contribution in [-0.4, -0.2) is 55.3 Å². The van der Waals surface area contributed by atoms with Crippen molar-refractivity contribution in [3.05, 3.63) is 65.9 Å². The van der Waals surface area contributed by atoms with Gasteiger partial charge in [0.05, 0.1) is 36.0 Å². The fraction of sp³-hybridized carbons (Fsp3) is 0.400. The van der Waals surface area contributed by atoms with E-state index in [0.29, 0.717) is 19.6 Å². The van der Waals surface area contributed by atoms with Crippen molar-refractivity contribution in [1.82, 2.24) is 29.7 Å². The van der Waals surface area contributed by atoms with E-state index in [1.54, 1.807) is 0 Å². The van der Waals surface area contributed by atoms with E-state index >= 15 is 0 Å². The quantitative estimate of drug-likeness (QED) is 0.170. The summed E-state index contributed by atoms with van der Waals surface area (Å²) in [5, 5.41) is 2.25. The zero-order valence-corrected chi connectivity index (χ0v) is 26.0. The Morgan fingerprint density at radius 1 is 1.00 bits per heavy atom. The van der Waals surface area contributed by atoms with Gasteiger partial charge in [-0.3, -0.25) is 9.69 Å². The van der Waals surface area contributed by atoms with E-state index in [1.807, 2.05) is 18.0 Å². The Bertz CT molecular complexity index is 1770. The summed E-state index contributed by atoms with van der Waals surface area (Å²) in [6.07, 6.45) is 5.30. The van der Waals surface area contributed by atoms with Gasteiger partial charge in [0.2, 0.25) is 5.91 Å². The molecule has 8 heteroatoms. The van der Waals surface area contributed by atoms with Crippen molar-refractivity contribution >= 4 is 27.7 Å². The number of carbonyl (C=O) groups excluding carboxylic acids is 1. The average molecular weight is 579 g/mol. The van der Waals surface area contributed by atoms with Crippen molar-refractivity contribution in [2.75, 3.05) is 13.6 Å². The van der Waals surface area contributed by atoms with Gasteiger partial charge in [-0.25, -0.2) is 9.97 Å². The van der Waals surface area contributed by atoms with E-state index in [1.165, 1.54) is 5.56 Å². The van der Waals surface area contributed by atoms with Crippen molar-refractivity contribution < 1.29 is 9.53 Å². The number of aromatic nitrogens is 4. The minimum atomic E-state index is 0.170. The molecule has 0 radical (unpaired) electrons. The molecular weight excluding hydrogens is 536 g/mol. The maximum absolute atomic E-state index is 12.8. The van der Waals surface area contributed by atoms with E-state index in [0.717, 1.165) is 93.9 Å². The van der Waals surface area contributed by atoms with Gasteiger partial charge in [-0.1, -0.05) is 39.0 Å². The smallest absolute Gasteiger partial charge is 0.223 e. The molecular formula is C35H42N6O2. The van der Waals surface area contributed by atoms with E-state index in [9.17, 15) is 4.79 Å². The number of rotatable bonds is 11. The molecule has 2 aromatic heterocycles. The van der Waals surface area contributed by atoms with E-state index < -0.39 is 0 Å². The summed E-state index contributed by atoms with van der Waals surface area (Å²) < 4.78 is 6.33. The third-order valence-electron chi connectivity index (χ3n) is 8.59. The summed E-state index contributed by atoms with van der Waals surface area (Å²) >= 11 is 0. The van der Waals surface area contributed by atoms with Crippen molar-refractivity contribution in [2.24, 2.45) is 0 Å². The topological polar surface area (TPSA) is 90.1 Å². The number of nitrogens with one attached hydrogen (secondary N) is 2. The van der Waals surface area contributed by atoms with Crippen molar-refractivity contribution in [3.8, 4) is 28.1 Å². The summed E-state index contributed by atoms with van der Waals surface area (Å²) in [4.78, 5) is 33.6. The lowest BCUT2D eigenvalue weighted by Gasteiger charge is -2.27. The van der Waals surface area contributed by atoms with E-state index in [2.05, 4.69) is 90.1 Å². The molecule has 0 saturated heterocycles. The molecule has 1 aliphatic heterocycles. The number of fused-ring (bicyclic) bond motifs is 6. The lowest BCUT2D eigenvalue weighted by molar-refractivity contribution is -0.134. The number of amides is 1. The third-order valence-corrected chi connectivity index (χ3v) is 8.59. The first-order valence-corrected chi connectivity index (χ1v) is 15.6. The summed E-state index contributed by atoms with van der Waals surface area (Å²) in [6.45, 7) is 11.3. The fourth-order valence-electron chi connectivity index (χ4n) is 6.12. The second-order valence-corrected chi connectivity index (χ2v) is 11.9. The maximum atomic E-state index is 12.8. The second-order valence-electron chi connectivity index (χ2n) is 11.9. The van der Waals surface area contributed by atoms with Crippen LogP contribution in [0.15, 0.2) is 48.7 Å². The van der Waals surface area contributed by atoms with Gasteiger partial charge < -0.3 is 19.6 Å². The molecule has 0 saturated carbocycles. The van der Waals surface area contributed by atoms with Gasteiger partial charge in [0, 0.05) is 23.4 Å². The molecule has 3 heterocycles. The molecule has 6 rings (SSSR count). The highest BCUT2D eigenvalue weighted by atomic mass is 16.5. The Morgan fingerprint density at radius 2 is 1.86 bits per heavy atom. The lowest BCUT2D eigenvalue weighted by Crippen LogP contribution is -2.37. The van der Waals surface area contributed by atoms with Crippen LogP contribution >= 0.6 is 0 Å². The highest BCUT2D eigenvalue weighted by Crippen LogP contribution is 2.42. The van der Waals surface area contributed by atoms with Crippen LogP contribution in [-0.2, 0) is 24.5 Å². The van der Waals surface area contributed by atoms with Gasteiger partial charge in [0.25, 0.3) is 0 Å². The maximum Gasteiger partial charge on any atom is 0.223 e. The van der Waals surface area contributed by atoms with Gasteiger partial charge in [-0.05, 0) is 86.1 Å². The standard InChI is InChI=1S/C35H42N6O2/c1-6-9-34(42)41(22(4)8-3)20-32-36-18-30(38-32)24-10-12-26-25(15-24)21-43-31-17-27-23(16-28(26)31)11-13-29-35(27)39-33(37-29)19-40(5)14-7-2/h10-13,15-18,22H,6-9,14,19-21H2,1-5H3,(H,36,38)(H,37,39)/t22-/m0/s1. The Kier molecular flexibility index (Phi) is 8.21. The zero-order chi connectivity index (χ0) is 30.1. The molecule has 0 unspecified atom stereocenters. The van der Waals surface area contributed by atoms with Gasteiger partial charge in [0.15, 0.2) is 0 Å². The number of nitrogens with zero attached hydrogens (tertiary/aromatic N) is 4. The molecule has 5 aromatic rings. The third kappa shape index (κ3) is 5.76. The number of hydrogen-bond donors (Lipinski definition) is 2. The molecule has 0 bridgehead atoms. The van der Waals surface area contributed by atoms with Crippen LogP contribution in [0.4, 0.5) is 0 Å². The Morgan fingerprint density at radius 3 is 2.65 bits per heavy atom. The van der Waals surface area contributed by atoms with Gasteiger partial charge in [0.1, 0.15) is 24.0 Å². The SMILES string of the molecule is CCCC(=O)N(Cc1ncc(-c2ccc3c(c2)COc2cc4c(ccc5[nH]c(CN(C)CCC)nc54)cc2-3)[nH]1)[C@@H](C)CC. The molecule has 8 nitrogen and oxygen atoms in total. The first-order valence-electron chi connectivity index (χ1n) is 15.6. The predicted octanol–water partition coefficient (Wildman–Crippen LogP) is 7.43. The minimum Gasteiger partial charge on any atom is -0.488 e. The summed E-state index contributed by atoms with van der Waals surface area (Å²) in [7, 11) is 2.13. The Balaban J connectivity index is 1.27. The van der Waals surface area contributed by atoms with Crippen LogP contribution in [0.1, 0.15) is 70.6 Å². The number of ether oxygens (including phenoxy) is 1. The van der Waals surface area contributed by atoms with Crippen LogP contribution in [0.2, 0.25) is 0 Å². The molecule has 1 amide bonds. The number of benzene rings is 3. The lowest BCUT2D eigenvalue weighted by atomic mass is 9.92. The highest BCUT2D eigenvalue weighted by molar-refractivity contribution is 6.07. The normalized spacial score (nSPS) is 13.3. The average Bonchev–Trinajstić information content (AvgIpc) is 3.65. The molecule has 1 atom stereocenters. The fourth-order valence-corrected chi connectivity index (χ4v) is 6.12. The van der Waals surface area contributed by atoms with Crippen LogP contribution < -0.4 is 4.74 Å². The minimum absolute atomic E-state index is 0.170. The summed E-state index contributed by atoms with van der Waals surface area (Å²) in [5.74, 6) is 2.85. The van der Waals surface area contributed by atoms with Crippen LogP contribution in [0.25, 0.3) is 44.2 Å². The van der Waals surface area contributed by atoms with Crippen LogP contribution in [0, 0.1) is 0 Å². The first-order chi connectivity index (χ1) is 20.9. The molecule has 3 aromatic carbocycles. The number of carbonyl (C=O) groups is 1. The van der Waals surface area contributed by atoms with Crippen molar-refractivity contribution in [1.29, 1.82) is 0 Å². The molecule has 1 aliphatic rings. The van der Waals surface area contributed by atoms with Gasteiger partial charge >= 0.3 is 0 Å². The molecule has 0 fully saturated rings. The number of hydrogen-bond acceptors (Lipinski definition) is 5. The second kappa shape index (κ2) is 12.2. The zero-order valence-electron chi connectivity index (χ0n) is 26.0. The monoisotopic (exact) mass is 578 g/mol. The van der Waals surface area contributed by atoms with E-state index in [-0.39, 0.29) is 11.9 Å². The largest absolute Gasteiger partial charge is 0.488 e. The van der Waals surface area contributed by atoms with Gasteiger partial charge in [-0.15, -0.1) is 0 Å². The summed E-state index contributed by atoms with van der Waals surface area (Å²) in [5.41, 5.74) is 7.46. The van der Waals surface area contributed by atoms with Crippen LogP contribution in [0.3, 0.4) is 0 Å². The molecule has 0 aliphatic carbocycles. The van der Waals surface area contributed by atoms with E-state index in [4.69, 9.17) is 9.72 Å².